The molecule has 0 N–H and O–H groups in total. The average molecular weight is 286 g/mol. The van der Waals surface area contributed by atoms with E-state index < -0.39 is 36.2 Å². The lowest BCUT2D eigenvalue weighted by atomic mass is 10.0. The summed E-state index contributed by atoms with van der Waals surface area (Å²) in [5.74, 6) is -1.04. The molecule has 0 amide bonds. The van der Waals surface area contributed by atoms with Crippen molar-refractivity contribution in [2.24, 2.45) is 0 Å². The summed E-state index contributed by atoms with van der Waals surface area (Å²) in [6.45, 7) is 5.32. The molecule has 3 atom stereocenters. The fourth-order valence-corrected chi connectivity index (χ4v) is 1.84. The van der Waals surface area contributed by atoms with Crippen LogP contribution in [0, 0.1) is 0 Å². The standard InChI is InChI=1S/C13H18O7/c1-7-5-11(19-9(3)15)13(20-10(4)16)12(18-7)6-17-8(2)14/h5,11-13H,6H2,1-4H3/t11-,12-,13+/m1/s1. The zero-order valence-electron chi connectivity index (χ0n) is 11.9. The third-order valence-corrected chi connectivity index (χ3v) is 2.48. The number of ether oxygens (including phenoxy) is 4. The number of carbonyl (C=O) groups excluding carboxylic acids is 3. The van der Waals surface area contributed by atoms with E-state index in [1.54, 1.807) is 13.0 Å². The third-order valence-electron chi connectivity index (χ3n) is 2.48. The molecule has 112 valence electrons. The fraction of sp³-hybridized carbons (Fsp3) is 0.615. The molecule has 0 unspecified atom stereocenters. The molecule has 1 heterocycles. The van der Waals surface area contributed by atoms with E-state index >= 15 is 0 Å². The topological polar surface area (TPSA) is 88.1 Å². The fourth-order valence-electron chi connectivity index (χ4n) is 1.84. The number of hydrogen-bond donors (Lipinski definition) is 0. The SMILES string of the molecule is CC(=O)OC[C@H]1OC(C)=C[C@@H](OC(C)=O)[C@@H]1OC(C)=O. The number of hydrogen-bond acceptors (Lipinski definition) is 7. The predicted molar refractivity (Wildman–Crippen MR) is 66.4 cm³/mol. The van der Waals surface area contributed by atoms with Crippen LogP contribution < -0.4 is 0 Å². The van der Waals surface area contributed by atoms with E-state index in [-0.39, 0.29) is 6.61 Å². The van der Waals surface area contributed by atoms with Crippen molar-refractivity contribution in [3.63, 3.8) is 0 Å². The van der Waals surface area contributed by atoms with Crippen molar-refractivity contribution in [2.45, 2.75) is 46.0 Å². The van der Waals surface area contributed by atoms with Crippen LogP contribution in [0.5, 0.6) is 0 Å². The highest BCUT2D eigenvalue weighted by Gasteiger charge is 2.39. The van der Waals surface area contributed by atoms with E-state index in [0.29, 0.717) is 5.76 Å². The van der Waals surface area contributed by atoms with Crippen molar-refractivity contribution >= 4 is 17.9 Å². The molecule has 7 heteroatoms. The first-order chi connectivity index (χ1) is 9.29. The van der Waals surface area contributed by atoms with Gasteiger partial charge >= 0.3 is 17.9 Å². The van der Waals surface area contributed by atoms with Gasteiger partial charge in [0.15, 0.2) is 18.3 Å². The monoisotopic (exact) mass is 286 g/mol. The molecular weight excluding hydrogens is 268 g/mol. The Morgan fingerprint density at radius 2 is 1.70 bits per heavy atom. The van der Waals surface area contributed by atoms with Gasteiger partial charge in [0.2, 0.25) is 0 Å². The predicted octanol–water partition coefficient (Wildman–Crippen LogP) is 0.716. The van der Waals surface area contributed by atoms with Gasteiger partial charge in [-0.15, -0.1) is 0 Å². The molecule has 0 aromatic carbocycles. The summed E-state index contributed by atoms with van der Waals surface area (Å²) in [6, 6.07) is 0. The Kier molecular flexibility index (Phi) is 5.54. The van der Waals surface area contributed by atoms with Crippen LogP contribution in [0.15, 0.2) is 11.8 Å². The zero-order chi connectivity index (χ0) is 15.3. The van der Waals surface area contributed by atoms with Crippen LogP contribution in [0.1, 0.15) is 27.7 Å². The molecular formula is C13H18O7. The minimum atomic E-state index is -0.862. The van der Waals surface area contributed by atoms with Gasteiger partial charge < -0.3 is 18.9 Å². The number of allylic oxidation sites excluding steroid dienone is 1. The molecule has 0 radical (unpaired) electrons. The summed E-state index contributed by atoms with van der Waals surface area (Å²) in [5.41, 5.74) is 0. The van der Waals surface area contributed by atoms with Crippen LogP contribution in [0.25, 0.3) is 0 Å². The van der Waals surface area contributed by atoms with Crippen molar-refractivity contribution in [3.8, 4) is 0 Å². The van der Waals surface area contributed by atoms with E-state index in [1.807, 2.05) is 0 Å². The molecule has 1 rings (SSSR count). The first-order valence-electron chi connectivity index (χ1n) is 6.12. The zero-order valence-corrected chi connectivity index (χ0v) is 11.9. The summed E-state index contributed by atoms with van der Waals surface area (Å²) >= 11 is 0. The van der Waals surface area contributed by atoms with Crippen molar-refractivity contribution in [2.75, 3.05) is 6.61 Å². The van der Waals surface area contributed by atoms with Crippen LogP contribution >= 0.6 is 0 Å². The second kappa shape index (κ2) is 6.93. The molecule has 0 saturated carbocycles. The van der Waals surface area contributed by atoms with Gasteiger partial charge in [-0.05, 0) is 13.0 Å². The van der Waals surface area contributed by atoms with Gasteiger partial charge in [-0.2, -0.15) is 0 Å². The summed E-state index contributed by atoms with van der Waals surface area (Å²) in [5, 5.41) is 0. The largest absolute Gasteiger partial charge is 0.488 e. The Morgan fingerprint density at radius 1 is 1.10 bits per heavy atom. The van der Waals surface area contributed by atoms with Crippen molar-refractivity contribution < 1.29 is 33.3 Å². The molecule has 20 heavy (non-hydrogen) atoms. The molecule has 0 fully saturated rings. The van der Waals surface area contributed by atoms with Gasteiger partial charge in [0, 0.05) is 20.8 Å². The van der Waals surface area contributed by atoms with Crippen LogP contribution in [-0.4, -0.2) is 42.8 Å². The highest BCUT2D eigenvalue weighted by Crippen LogP contribution is 2.23. The molecule has 0 spiro atoms. The molecule has 7 nitrogen and oxygen atoms in total. The van der Waals surface area contributed by atoms with Crippen LogP contribution in [0.2, 0.25) is 0 Å². The highest BCUT2D eigenvalue weighted by molar-refractivity contribution is 5.68. The van der Waals surface area contributed by atoms with Gasteiger partial charge in [0.1, 0.15) is 6.61 Å². The summed E-state index contributed by atoms with van der Waals surface area (Å²) < 4.78 is 20.6. The number of carbonyl (C=O) groups is 3. The van der Waals surface area contributed by atoms with Crippen molar-refractivity contribution in [1.82, 2.24) is 0 Å². The second-order valence-electron chi connectivity index (χ2n) is 4.38. The lowest BCUT2D eigenvalue weighted by Crippen LogP contribution is -2.48. The maximum atomic E-state index is 11.2. The minimum Gasteiger partial charge on any atom is -0.488 e. The third kappa shape index (κ3) is 4.91. The normalized spacial score (nSPS) is 25.0. The van der Waals surface area contributed by atoms with Crippen LogP contribution in [-0.2, 0) is 33.3 Å². The quantitative estimate of drug-likeness (QED) is 0.555. The number of esters is 3. The van der Waals surface area contributed by atoms with Gasteiger partial charge in [0.25, 0.3) is 0 Å². The first-order valence-corrected chi connectivity index (χ1v) is 6.12. The Bertz CT molecular complexity index is 426. The van der Waals surface area contributed by atoms with E-state index in [2.05, 4.69) is 0 Å². The molecule has 0 saturated heterocycles. The summed E-state index contributed by atoms with van der Waals surface area (Å²) in [6.07, 6.45) is -0.818. The minimum absolute atomic E-state index is 0.101. The Labute approximate surface area is 116 Å². The van der Waals surface area contributed by atoms with Crippen LogP contribution in [0.4, 0.5) is 0 Å². The lowest BCUT2D eigenvalue weighted by Gasteiger charge is -2.34. The Hall–Kier alpha value is -2.05. The lowest BCUT2D eigenvalue weighted by molar-refractivity contribution is -0.180. The summed E-state index contributed by atoms with van der Waals surface area (Å²) in [4.78, 5) is 33.1. The Balaban J connectivity index is 2.89. The van der Waals surface area contributed by atoms with E-state index in [4.69, 9.17) is 18.9 Å². The number of rotatable bonds is 4. The maximum Gasteiger partial charge on any atom is 0.303 e. The van der Waals surface area contributed by atoms with Crippen molar-refractivity contribution in [3.05, 3.63) is 11.8 Å². The second-order valence-corrected chi connectivity index (χ2v) is 4.38. The van der Waals surface area contributed by atoms with E-state index in [9.17, 15) is 14.4 Å². The van der Waals surface area contributed by atoms with E-state index in [1.165, 1.54) is 20.8 Å². The molecule has 0 aromatic rings. The molecule has 1 aliphatic rings. The molecule has 0 aliphatic carbocycles. The van der Waals surface area contributed by atoms with Gasteiger partial charge in [-0.25, -0.2) is 0 Å². The molecule has 0 aromatic heterocycles. The Morgan fingerprint density at radius 3 is 2.20 bits per heavy atom. The summed E-state index contributed by atoms with van der Waals surface area (Å²) in [7, 11) is 0. The highest BCUT2D eigenvalue weighted by atomic mass is 16.6. The smallest absolute Gasteiger partial charge is 0.303 e. The van der Waals surface area contributed by atoms with E-state index in [0.717, 1.165) is 0 Å². The average Bonchev–Trinajstić information content (AvgIpc) is 2.28. The van der Waals surface area contributed by atoms with Crippen molar-refractivity contribution in [1.29, 1.82) is 0 Å². The van der Waals surface area contributed by atoms with Gasteiger partial charge in [-0.1, -0.05) is 0 Å². The van der Waals surface area contributed by atoms with Gasteiger partial charge in [-0.3, -0.25) is 14.4 Å². The maximum absolute atomic E-state index is 11.2. The van der Waals surface area contributed by atoms with Gasteiger partial charge in [0.05, 0.1) is 5.76 Å². The first kappa shape index (κ1) is 16.0. The molecule has 0 bridgehead atoms. The van der Waals surface area contributed by atoms with Crippen LogP contribution in [0.3, 0.4) is 0 Å². The molecule has 1 aliphatic heterocycles.